The molecular weight excluding hydrogens is 218 g/mol. The molecule has 4 nitrogen and oxygen atoms in total. The molecule has 17 heavy (non-hydrogen) atoms. The van der Waals surface area contributed by atoms with Crippen LogP contribution in [0.5, 0.6) is 0 Å². The molecule has 0 radical (unpaired) electrons. The van der Waals surface area contributed by atoms with Crippen LogP contribution < -0.4 is 5.32 Å². The number of allylic oxidation sites excluding steroid dienone is 1. The molecule has 0 atom stereocenters. The topological polar surface area (TPSA) is 55.4 Å². The largest absolute Gasteiger partial charge is 0.461 e. The van der Waals surface area contributed by atoms with Crippen molar-refractivity contribution in [2.24, 2.45) is 5.41 Å². The van der Waals surface area contributed by atoms with Gasteiger partial charge in [0.15, 0.2) is 0 Å². The lowest BCUT2D eigenvalue weighted by Gasteiger charge is -2.07. The summed E-state index contributed by atoms with van der Waals surface area (Å²) in [6.07, 6.45) is 1.37. The molecule has 94 valence electrons. The van der Waals surface area contributed by atoms with Crippen LogP contribution in [0.25, 0.3) is 0 Å². The summed E-state index contributed by atoms with van der Waals surface area (Å²) in [6.45, 7) is 9.14. The zero-order valence-corrected chi connectivity index (χ0v) is 11.0. The lowest BCUT2D eigenvalue weighted by Crippen LogP contribution is -2.26. The Hall–Kier alpha value is -1.76. The second kappa shape index (κ2) is 6.74. The van der Waals surface area contributed by atoms with E-state index >= 15 is 0 Å². The van der Waals surface area contributed by atoms with Crippen LogP contribution in [0.1, 0.15) is 34.6 Å². The van der Waals surface area contributed by atoms with Crippen molar-refractivity contribution >= 4 is 11.9 Å². The van der Waals surface area contributed by atoms with Crippen LogP contribution in [0.15, 0.2) is 11.8 Å². The zero-order valence-electron chi connectivity index (χ0n) is 11.0. The van der Waals surface area contributed by atoms with Gasteiger partial charge in [-0.15, -0.1) is 0 Å². The Morgan fingerprint density at radius 1 is 1.35 bits per heavy atom. The van der Waals surface area contributed by atoms with E-state index in [-0.39, 0.29) is 23.6 Å². The Balaban J connectivity index is 4.90. The van der Waals surface area contributed by atoms with Crippen LogP contribution in [0.4, 0.5) is 0 Å². The van der Waals surface area contributed by atoms with Crippen molar-refractivity contribution < 1.29 is 14.3 Å². The molecule has 0 spiro atoms. The molecule has 1 amide bonds. The minimum atomic E-state index is -0.578. The quantitative estimate of drug-likeness (QED) is 0.461. The van der Waals surface area contributed by atoms with E-state index < -0.39 is 5.97 Å². The minimum absolute atomic E-state index is 0.0658. The molecule has 0 heterocycles. The number of rotatable bonds is 3. The Kier molecular flexibility index (Phi) is 6.05. The highest BCUT2D eigenvalue weighted by molar-refractivity contribution is 5.93. The molecule has 0 unspecified atom stereocenters. The summed E-state index contributed by atoms with van der Waals surface area (Å²) in [7, 11) is 0. The predicted octanol–water partition coefficient (Wildman–Crippen LogP) is 1.62. The second-order valence-corrected chi connectivity index (χ2v) is 4.48. The number of ether oxygens (including phenoxy) is 1. The Morgan fingerprint density at radius 3 is 2.35 bits per heavy atom. The fourth-order valence-corrected chi connectivity index (χ4v) is 0.869. The highest BCUT2D eigenvalue weighted by Crippen LogP contribution is 2.09. The maximum Gasteiger partial charge on any atom is 0.355 e. The number of hydrogen-bond donors (Lipinski definition) is 1. The Labute approximate surface area is 102 Å². The molecule has 0 aliphatic heterocycles. The summed E-state index contributed by atoms with van der Waals surface area (Å²) < 4.78 is 4.80. The summed E-state index contributed by atoms with van der Waals surface area (Å²) in [5.41, 5.74) is -0.0944. The number of carbonyl (C=O) groups excluding carboxylic acids is 2. The van der Waals surface area contributed by atoms with Crippen LogP contribution in [-0.4, -0.2) is 18.5 Å². The fourth-order valence-electron chi connectivity index (χ4n) is 0.869. The third-order valence-corrected chi connectivity index (χ3v) is 1.47. The first kappa shape index (κ1) is 15.2. The lowest BCUT2D eigenvalue weighted by atomic mass is 9.98. The van der Waals surface area contributed by atoms with Crippen LogP contribution in [-0.2, 0) is 14.3 Å². The predicted molar refractivity (Wildman–Crippen MR) is 65.8 cm³/mol. The first-order valence-electron chi connectivity index (χ1n) is 5.44. The zero-order chi connectivity index (χ0) is 13.5. The summed E-state index contributed by atoms with van der Waals surface area (Å²) in [5, 5.41) is 2.40. The van der Waals surface area contributed by atoms with E-state index in [2.05, 4.69) is 17.2 Å². The third-order valence-electron chi connectivity index (χ3n) is 1.47. The molecule has 0 bridgehead atoms. The molecule has 0 aromatic carbocycles. The van der Waals surface area contributed by atoms with Gasteiger partial charge in [-0.05, 0) is 27.7 Å². The van der Waals surface area contributed by atoms with Crippen molar-refractivity contribution in [1.29, 1.82) is 0 Å². The van der Waals surface area contributed by atoms with Crippen molar-refractivity contribution in [3.05, 3.63) is 11.8 Å². The molecule has 0 aromatic heterocycles. The van der Waals surface area contributed by atoms with Crippen LogP contribution in [0.2, 0.25) is 0 Å². The molecule has 0 saturated carbocycles. The standard InChI is InChI=1S/C13H19NO3/c1-6-17-12(16)11(14-10(2)15)8-7-9-13(3,4)5/h8H,6H2,1-5H3,(H,14,15)/b11-8-. The van der Waals surface area contributed by atoms with Crippen molar-refractivity contribution in [1.82, 2.24) is 5.32 Å². The molecule has 0 aromatic rings. The third kappa shape index (κ3) is 8.09. The SMILES string of the molecule is CCOC(=O)/C(=C/C#CC(C)(C)C)NC(C)=O. The number of amides is 1. The normalized spacial score (nSPS) is 11.2. The van der Waals surface area contributed by atoms with Crippen molar-refractivity contribution in [3.8, 4) is 11.8 Å². The summed E-state index contributed by atoms with van der Waals surface area (Å²) in [5.74, 6) is 4.77. The average Bonchev–Trinajstić information content (AvgIpc) is 2.14. The molecule has 4 heteroatoms. The van der Waals surface area contributed by atoms with Crippen molar-refractivity contribution in [2.75, 3.05) is 6.61 Å². The highest BCUT2D eigenvalue weighted by atomic mass is 16.5. The lowest BCUT2D eigenvalue weighted by molar-refractivity contribution is -0.139. The van der Waals surface area contributed by atoms with E-state index in [0.29, 0.717) is 0 Å². The summed E-state index contributed by atoms with van der Waals surface area (Å²) >= 11 is 0. The van der Waals surface area contributed by atoms with Gasteiger partial charge in [0.1, 0.15) is 5.70 Å². The monoisotopic (exact) mass is 237 g/mol. The number of nitrogens with one attached hydrogen (secondary N) is 1. The number of esters is 1. The summed E-state index contributed by atoms with van der Waals surface area (Å²) in [4.78, 5) is 22.4. The minimum Gasteiger partial charge on any atom is -0.461 e. The number of hydrogen-bond acceptors (Lipinski definition) is 3. The van der Waals surface area contributed by atoms with E-state index in [1.165, 1.54) is 13.0 Å². The molecule has 0 aliphatic carbocycles. The first-order chi connectivity index (χ1) is 7.76. The molecule has 0 fully saturated rings. The van der Waals surface area contributed by atoms with Gasteiger partial charge in [0.05, 0.1) is 6.61 Å². The maximum absolute atomic E-state index is 11.5. The Morgan fingerprint density at radius 2 is 1.94 bits per heavy atom. The van der Waals surface area contributed by atoms with Gasteiger partial charge >= 0.3 is 5.97 Å². The van der Waals surface area contributed by atoms with E-state index in [1.54, 1.807) is 6.92 Å². The van der Waals surface area contributed by atoms with Gasteiger partial charge in [0, 0.05) is 18.4 Å². The van der Waals surface area contributed by atoms with E-state index in [0.717, 1.165) is 0 Å². The highest BCUT2D eigenvalue weighted by Gasteiger charge is 2.11. The maximum atomic E-state index is 11.5. The van der Waals surface area contributed by atoms with Crippen molar-refractivity contribution in [2.45, 2.75) is 34.6 Å². The van der Waals surface area contributed by atoms with E-state index in [1.807, 2.05) is 20.8 Å². The van der Waals surface area contributed by atoms with Gasteiger partial charge < -0.3 is 10.1 Å². The molecule has 0 saturated heterocycles. The van der Waals surface area contributed by atoms with Gasteiger partial charge in [-0.25, -0.2) is 4.79 Å². The van der Waals surface area contributed by atoms with Gasteiger partial charge in [-0.2, -0.15) is 0 Å². The summed E-state index contributed by atoms with van der Waals surface area (Å²) in [6, 6.07) is 0. The van der Waals surface area contributed by atoms with E-state index in [9.17, 15) is 9.59 Å². The first-order valence-corrected chi connectivity index (χ1v) is 5.44. The van der Waals surface area contributed by atoms with Gasteiger partial charge in [0.2, 0.25) is 5.91 Å². The number of carbonyl (C=O) groups is 2. The Bertz CT molecular complexity index is 378. The van der Waals surface area contributed by atoms with Crippen LogP contribution in [0.3, 0.4) is 0 Å². The molecule has 0 rings (SSSR count). The molecular formula is C13H19NO3. The van der Waals surface area contributed by atoms with Gasteiger partial charge in [-0.3, -0.25) is 4.79 Å². The van der Waals surface area contributed by atoms with Crippen LogP contribution in [0, 0.1) is 17.3 Å². The second-order valence-electron chi connectivity index (χ2n) is 4.48. The molecule has 1 N–H and O–H groups in total. The van der Waals surface area contributed by atoms with Gasteiger partial charge in [-0.1, -0.05) is 11.8 Å². The average molecular weight is 237 g/mol. The van der Waals surface area contributed by atoms with Crippen molar-refractivity contribution in [3.63, 3.8) is 0 Å². The van der Waals surface area contributed by atoms with Gasteiger partial charge in [0.25, 0.3) is 0 Å². The fraction of sp³-hybridized carbons (Fsp3) is 0.538. The van der Waals surface area contributed by atoms with Crippen LogP contribution >= 0.6 is 0 Å². The van der Waals surface area contributed by atoms with E-state index in [4.69, 9.17) is 4.74 Å². The smallest absolute Gasteiger partial charge is 0.355 e. The molecule has 0 aliphatic rings.